The summed E-state index contributed by atoms with van der Waals surface area (Å²) < 4.78 is 21.5. The third-order valence-corrected chi connectivity index (χ3v) is 5.84. The Balaban J connectivity index is 1.57. The van der Waals surface area contributed by atoms with Crippen LogP contribution in [0, 0.1) is 12.4 Å². The second kappa shape index (κ2) is 6.36. The molecule has 2 fully saturated rings. The summed E-state index contributed by atoms with van der Waals surface area (Å²) in [4.78, 5) is 31.1. The lowest BCUT2D eigenvalue weighted by atomic mass is 10.1. The Morgan fingerprint density at radius 1 is 1.39 bits per heavy atom. The van der Waals surface area contributed by atoms with Gasteiger partial charge in [0.1, 0.15) is 18.0 Å². The lowest BCUT2D eigenvalue weighted by molar-refractivity contribution is 0.0914. The molecule has 2 aliphatic heterocycles. The average Bonchev–Trinajstić information content (AvgIpc) is 3.20. The predicted octanol–water partition coefficient (Wildman–Crippen LogP) is 2.35. The molecule has 156 valence electrons. The van der Waals surface area contributed by atoms with E-state index in [9.17, 15) is 9.18 Å². The Morgan fingerprint density at radius 2 is 2.26 bits per heavy atom. The molecular weight excluding hydrogens is 405 g/mol. The Kier molecular flexibility index (Phi) is 3.70. The van der Waals surface area contributed by atoms with Crippen molar-refractivity contribution in [1.82, 2.24) is 24.9 Å². The number of nitrogens with zero attached hydrogens (tertiary/aromatic N) is 6. The van der Waals surface area contributed by atoms with Gasteiger partial charge in [0.2, 0.25) is 11.8 Å². The summed E-state index contributed by atoms with van der Waals surface area (Å²) in [6.07, 6.45) is 4.75. The van der Waals surface area contributed by atoms with Crippen LogP contribution in [-0.4, -0.2) is 44.2 Å². The molecular formula is C20H16FN7O3. The highest BCUT2D eigenvalue weighted by atomic mass is 19.1. The third-order valence-electron chi connectivity index (χ3n) is 5.84. The number of hydrogen-bond donors (Lipinski definition) is 1. The summed E-state index contributed by atoms with van der Waals surface area (Å²) in [7, 11) is 0. The van der Waals surface area contributed by atoms with Crippen LogP contribution in [0.5, 0.6) is 5.88 Å². The lowest BCUT2D eigenvalue weighted by Crippen LogP contribution is -2.41. The fraction of sp³-hybridized carbons (Fsp3) is 0.350. The van der Waals surface area contributed by atoms with E-state index >= 15 is 0 Å². The number of carbonyl (C=O) groups excluding carboxylic acids is 1. The van der Waals surface area contributed by atoms with Gasteiger partial charge in [0.25, 0.3) is 0 Å². The number of pyridine rings is 1. The molecule has 0 unspecified atom stereocenters. The molecule has 1 atom stereocenters. The number of carbonyl (C=O) groups is 1. The van der Waals surface area contributed by atoms with Crippen LogP contribution in [-0.2, 0) is 4.84 Å². The molecule has 6 rings (SSSR count). The van der Waals surface area contributed by atoms with E-state index in [4.69, 9.17) is 16.1 Å². The lowest BCUT2D eigenvalue weighted by Gasteiger charge is -2.25. The fourth-order valence-corrected chi connectivity index (χ4v) is 4.06. The van der Waals surface area contributed by atoms with Crippen molar-refractivity contribution in [2.45, 2.75) is 30.8 Å². The summed E-state index contributed by atoms with van der Waals surface area (Å²) in [6.45, 7) is 8.03. The predicted molar refractivity (Wildman–Crippen MR) is 104 cm³/mol. The minimum absolute atomic E-state index is 0.0281. The molecule has 3 aliphatic rings. The molecule has 1 amide bonds. The van der Waals surface area contributed by atoms with Crippen LogP contribution >= 0.6 is 0 Å². The van der Waals surface area contributed by atoms with Crippen molar-refractivity contribution in [2.75, 3.05) is 18.3 Å². The van der Waals surface area contributed by atoms with Gasteiger partial charge >= 0.3 is 5.82 Å². The van der Waals surface area contributed by atoms with Crippen LogP contribution in [0.15, 0.2) is 24.5 Å². The van der Waals surface area contributed by atoms with E-state index < -0.39 is 17.3 Å². The van der Waals surface area contributed by atoms with E-state index in [2.05, 4.69) is 25.2 Å². The quantitative estimate of drug-likeness (QED) is 0.557. The van der Waals surface area contributed by atoms with Crippen molar-refractivity contribution in [3.8, 4) is 5.88 Å². The Morgan fingerprint density at radius 3 is 3.06 bits per heavy atom. The highest BCUT2D eigenvalue weighted by molar-refractivity contribution is 6.05. The van der Waals surface area contributed by atoms with E-state index in [0.717, 1.165) is 19.0 Å². The molecule has 11 heteroatoms. The molecule has 1 N–H and O–H groups in total. The van der Waals surface area contributed by atoms with Gasteiger partial charge < -0.3 is 14.9 Å². The van der Waals surface area contributed by atoms with Crippen LogP contribution in [0.25, 0.3) is 10.5 Å². The van der Waals surface area contributed by atoms with Crippen molar-refractivity contribution >= 4 is 23.2 Å². The molecule has 0 radical (unpaired) electrons. The zero-order valence-electron chi connectivity index (χ0n) is 16.2. The summed E-state index contributed by atoms with van der Waals surface area (Å²) in [5.41, 5.74) is 0.343. The van der Waals surface area contributed by atoms with Crippen LogP contribution in [0.2, 0.25) is 0 Å². The van der Waals surface area contributed by atoms with E-state index in [1.165, 1.54) is 10.6 Å². The number of ether oxygens (including phenoxy) is 1. The van der Waals surface area contributed by atoms with Gasteiger partial charge in [-0.25, -0.2) is 19.4 Å². The first-order valence-electron chi connectivity index (χ1n) is 9.87. The van der Waals surface area contributed by atoms with Crippen molar-refractivity contribution in [3.63, 3.8) is 0 Å². The van der Waals surface area contributed by atoms with Crippen LogP contribution in [0.4, 0.5) is 16.0 Å². The van der Waals surface area contributed by atoms with Gasteiger partial charge in [0.15, 0.2) is 11.5 Å². The van der Waals surface area contributed by atoms with Gasteiger partial charge in [-0.05, 0) is 24.0 Å². The molecule has 1 saturated heterocycles. The summed E-state index contributed by atoms with van der Waals surface area (Å²) in [5, 5.41) is 8.74. The number of fused-ring (bicyclic) bond motifs is 5. The monoisotopic (exact) mass is 421 g/mol. The van der Waals surface area contributed by atoms with E-state index in [1.807, 2.05) is 0 Å². The highest BCUT2D eigenvalue weighted by Gasteiger charge is 2.46. The Bertz CT molecular complexity index is 1280. The number of hydroxylamine groups is 1. The molecule has 5 heterocycles. The number of nitrogens with one attached hydrogen (secondary N) is 1. The largest absolute Gasteiger partial charge is 0.475 e. The summed E-state index contributed by atoms with van der Waals surface area (Å²) in [5.74, 6) is -0.225. The van der Waals surface area contributed by atoms with E-state index in [-0.39, 0.29) is 29.7 Å². The second-order valence-corrected chi connectivity index (χ2v) is 7.90. The molecule has 3 aromatic heterocycles. The topological polar surface area (TPSA) is 98.2 Å². The molecule has 0 aromatic carbocycles. The summed E-state index contributed by atoms with van der Waals surface area (Å²) in [6, 6.07) is 2.69. The van der Waals surface area contributed by atoms with Gasteiger partial charge in [-0.15, -0.1) is 4.52 Å². The van der Waals surface area contributed by atoms with Gasteiger partial charge in [0.05, 0.1) is 30.6 Å². The van der Waals surface area contributed by atoms with Crippen LogP contribution in [0.3, 0.4) is 0 Å². The smallest absolute Gasteiger partial charge is 0.310 e. The number of anilines is 1. The zero-order valence-corrected chi connectivity index (χ0v) is 16.2. The maximum Gasteiger partial charge on any atom is 0.310 e. The van der Waals surface area contributed by atoms with Crippen molar-refractivity contribution < 1.29 is 18.8 Å². The van der Waals surface area contributed by atoms with Crippen molar-refractivity contribution in [2.24, 2.45) is 0 Å². The van der Waals surface area contributed by atoms with Crippen molar-refractivity contribution in [3.05, 3.63) is 52.9 Å². The molecule has 2 bridgehead atoms. The van der Waals surface area contributed by atoms with E-state index in [1.54, 1.807) is 17.3 Å². The number of amides is 1. The number of hydrogen-bond acceptors (Lipinski definition) is 7. The molecule has 1 aliphatic carbocycles. The SMILES string of the molecule is [C-]#[N+]c1nn2ccc3nc2c1C(=O)NC1(CC1)COc1ncc(F)cc1[C@@H]1CCON31. The van der Waals surface area contributed by atoms with E-state index in [0.29, 0.717) is 30.3 Å². The number of aromatic nitrogens is 4. The minimum Gasteiger partial charge on any atom is -0.475 e. The normalized spacial score (nSPS) is 21.4. The fourth-order valence-electron chi connectivity index (χ4n) is 4.06. The van der Waals surface area contributed by atoms with Crippen molar-refractivity contribution in [1.29, 1.82) is 0 Å². The zero-order chi connectivity index (χ0) is 21.2. The third kappa shape index (κ3) is 2.79. The highest BCUT2D eigenvalue weighted by Crippen LogP contribution is 2.41. The molecule has 1 spiro atoms. The maximum absolute atomic E-state index is 14.1. The molecule has 10 nitrogen and oxygen atoms in total. The van der Waals surface area contributed by atoms with Crippen LogP contribution < -0.4 is 15.1 Å². The second-order valence-electron chi connectivity index (χ2n) is 7.90. The Hall–Kier alpha value is -3.78. The number of rotatable bonds is 0. The first-order chi connectivity index (χ1) is 15.1. The molecule has 31 heavy (non-hydrogen) atoms. The summed E-state index contributed by atoms with van der Waals surface area (Å²) >= 11 is 0. The molecule has 3 aromatic rings. The minimum atomic E-state index is -0.574. The van der Waals surface area contributed by atoms with Gasteiger partial charge in [0, 0.05) is 18.1 Å². The maximum atomic E-state index is 14.1. The first-order valence-corrected chi connectivity index (χ1v) is 9.87. The number of halogens is 1. The first kappa shape index (κ1) is 18.0. The Labute approximate surface area is 175 Å². The average molecular weight is 421 g/mol. The van der Waals surface area contributed by atoms with Gasteiger partial charge in [-0.3, -0.25) is 9.63 Å². The van der Waals surface area contributed by atoms with Gasteiger partial charge in [-0.1, -0.05) is 6.57 Å². The molecule has 1 saturated carbocycles. The standard InChI is InChI=1S/C20H16FN7O3/c1-22-16-15-17-24-14(2-6-27(17)26-16)28-13(3-7-31-28)12-8-11(21)9-23-19(12)30-10-20(4-5-20)25-18(15)29/h2,6,8-9,13H,3-5,7,10H2,(H,25,29)/t13-/m0/s1. The van der Waals surface area contributed by atoms with Crippen LogP contribution in [0.1, 0.15) is 41.2 Å². The van der Waals surface area contributed by atoms with Gasteiger partial charge in [-0.2, -0.15) is 0 Å².